The minimum Gasteiger partial charge on any atom is -0.507 e. The fourth-order valence-electron chi connectivity index (χ4n) is 2.52. The molecule has 1 aliphatic rings. The minimum absolute atomic E-state index is 0.0674. The molecule has 0 unspecified atom stereocenters. The molecule has 0 aromatic heterocycles. The van der Waals surface area contributed by atoms with Crippen LogP contribution in [0.1, 0.15) is 43.6 Å². The number of hydrogen-bond donors (Lipinski definition) is 2. The molecule has 0 aliphatic carbocycles. The lowest BCUT2D eigenvalue weighted by atomic mass is 9.77. The van der Waals surface area contributed by atoms with Crippen molar-refractivity contribution in [2.24, 2.45) is 0 Å². The summed E-state index contributed by atoms with van der Waals surface area (Å²) in [6, 6.07) is 4.58. The molecule has 0 amide bonds. The van der Waals surface area contributed by atoms with Gasteiger partial charge < -0.3 is 24.5 Å². The van der Waals surface area contributed by atoms with E-state index >= 15 is 0 Å². The average Bonchev–Trinajstić information content (AvgIpc) is 2.76. The monoisotopic (exact) mass is 347 g/mol. The minimum atomic E-state index is -0.543. The van der Waals surface area contributed by atoms with E-state index in [4.69, 9.17) is 14.0 Å². The highest BCUT2D eigenvalue weighted by Gasteiger charge is 2.52. The lowest BCUT2D eigenvalue weighted by molar-refractivity contribution is 0.00578. The lowest BCUT2D eigenvalue weighted by Gasteiger charge is -2.32. The number of likely N-dealkylation sites (N-methyl/N-ethyl adjacent to an activating group) is 1. The summed E-state index contributed by atoms with van der Waals surface area (Å²) >= 11 is 0. The number of esters is 1. The van der Waals surface area contributed by atoms with Crippen molar-refractivity contribution in [1.29, 1.82) is 0 Å². The third-order valence-corrected chi connectivity index (χ3v) is 4.73. The molecular weight excluding hydrogens is 321 g/mol. The molecule has 2 rings (SSSR count). The molecule has 0 bridgehead atoms. The van der Waals surface area contributed by atoms with Crippen molar-refractivity contribution in [1.82, 2.24) is 5.32 Å². The summed E-state index contributed by atoms with van der Waals surface area (Å²) in [4.78, 5) is 11.7. The van der Waals surface area contributed by atoms with Gasteiger partial charge in [-0.1, -0.05) is 6.08 Å². The van der Waals surface area contributed by atoms with E-state index in [0.29, 0.717) is 17.7 Å². The Kier molecular flexibility index (Phi) is 5.61. The van der Waals surface area contributed by atoms with E-state index in [1.807, 2.05) is 34.7 Å². The third-order valence-electron chi connectivity index (χ3n) is 4.73. The molecule has 1 heterocycles. The number of benzene rings is 1. The Labute approximate surface area is 149 Å². The molecule has 1 saturated heterocycles. The van der Waals surface area contributed by atoms with Crippen molar-refractivity contribution in [3.63, 3.8) is 0 Å². The molecule has 1 aliphatic heterocycles. The van der Waals surface area contributed by atoms with Gasteiger partial charge >= 0.3 is 13.1 Å². The Morgan fingerprint density at radius 1 is 1.28 bits per heavy atom. The normalized spacial score (nSPS) is 19.1. The van der Waals surface area contributed by atoms with Crippen LogP contribution in [-0.4, -0.2) is 50.1 Å². The number of carbonyl (C=O) groups is 1. The zero-order valence-electron chi connectivity index (χ0n) is 15.7. The Morgan fingerprint density at radius 2 is 1.88 bits per heavy atom. The van der Waals surface area contributed by atoms with Crippen molar-refractivity contribution < 1.29 is 23.9 Å². The molecule has 136 valence electrons. The number of carbonyl (C=O) groups excluding carboxylic acids is 1. The number of aromatic hydroxyl groups is 1. The molecular formula is C18H26BNO5. The van der Waals surface area contributed by atoms with Gasteiger partial charge in [-0.2, -0.15) is 0 Å². The zero-order valence-corrected chi connectivity index (χ0v) is 15.7. The number of hydrogen-bond acceptors (Lipinski definition) is 6. The Morgan fingerprint density at radius 3 is 2.40 bits per heavy atom. The highest BCUT2D eigenvalue weighted by molar-refractivity contribution is 6.56. The summed E-state index contributed by atoms with van der Waals surface area (Å²) in [5.74, 6) is -0.391. The first-order chi connectivity index (χ1) is 11.6. The summed E-state index contributed by atoms with van der Waals surface area (Å²) in [6.07, 6.45) is 1.78. The van der Waals surface area contributed by atoms with E-state index in [9.17, 15) is 9.90 Å². The van der Waals surface area contributed by atoms with Gasteiger partial charge in [-0.15, -0.1) is 0 Å². The van der Waals surface area contributed by atoms with E-state index in [1.54, 1.807) is 12.1 Å². The van der Waals surface area contributed by atoms with Crippen LogP contribution in [0.4, 0.5) is 0 Å². The van der Waals surface area contributed by atoms with Crippen LogP contribution in [-0.2, 0) is 14.0 Å². The van der Waals surface area contributed by atoms with Crippen molar-refractivity contribution in [3.8, 4) is 5.75 Å². The topological polar surface area (TPSA) is 77.0 Å². The number of phenolic OH excluding ortho intramolecular Hbond substituents is 1. The molecule has 6 nitrogen and oxygen atoms in total. The second kappa shape index (κ2) is 7.19. The van der Waals surface area contributed by atoms with E-state index < -0.39 is 24.3 Å². The third kappa shape index (κ3) is 4.06. The fraction of sp³-hybridized carbons (Fsp3) is 0.500. The standard InChI is InChI=1S/C18H26BNO5/c1-17(2)18(3,4)25-19(24-17)14(11-20-5)10-13-9-12(16(22)23-6)7-8-15(13)21/h7-10,20-21H,11H2,1-6H3. The second-order valence-electron chi connectivity index (χ2n) is 7.10. The van der Waals surface area contributed by atoms with Crippen LogP contribution in [0.25, 0.3) is 6.08 Å². The van der Waals surface area contributed by atoms with Crippen molar-refractivity contribution in [3.05, 3.63) is 34.8 Å². The van der Waals surface area contributed by atoms with Gasteiger partial charge in [0, 0.05) is 12.1 Å². The van der Waals surface area contributed by atoms with Crippen molar-refractivity contribution in [2.45, 2.75) is 38.9 Å². The number of methoxy groups -OCH3 is 1. The maximum absolute atomic E-state index is 11.7. The van der Waals surface area contributed by atoms with Gasteiger partial charge in [0.1, 0.15) is 5.75 Å². The van der Waals surface area contributed by atoms with Gasteiger partial charge in [0.2, 0.25) is 0 Å². The summed E-state index contributed by atoms with van der Waals surface area (Å²) < 4.78 is 16.9. The van der Waals surface area contributed by atoms with Crippen molar-refractivity contribution >= 4 is 19.2 Å². The molecule has 1 fully saturated rings. The molecule has 2 N–H and O–H groups in total. The molecule has 0 saturated carbocycles. The van der Waals surface area contributed by atoms with E-state index in [-0.39, 0.29) is 5.75 Å². The first-order valence-corrected chi connectivity index (χ1v) is 8.23. The van der Waals surface area contributed by atoms with Gasteiger partial charge in [-0.05, 0) is 58.4 Å². The highest BCUT2D eigenvalue weighted by atomic mass is 16.7. The Hall–Kier alpha value is -1.83. The van der Waals surface area contributed by atoms with E-state index in [2.05, 4.69) is 5.32 Å². The number of nitrogens with one attached hydrogen (secondary N) is 1. The largest absolute Gasteiger partial charge is 0.507 e. The Bertz CT molecular complexity index is 668. The molecule has 0 radical (unpaired) electrons. The van der Waals surface area contributed by atoms with Crippen LogP contribution in [0.5, 0.6) is 5.75 Å². The van der Waals surface area contributed by atoms with Gasteiger partial charge in [0.25, 0.3) is 0 Å². The van der Waals surface area contributed by atoms with E-state index in [0.717, 1.165) is 5.47 Å². The van der Waals surface area contributed by atoms with Gasteiger partial charge in [0.15, 0.2) is 0 Å². The predicted molar refractivity (Wildman–Crippen MR) is 97.4 cm³/mol. The second-order valence-corrected chi connectivity index (χ2v) is 7.10. The van der Waals surface area contributed by atoms with Gasteiger partial charge in [-0.25, -0.2) is 4.79 Å². The van der Waals surface area contributed by atoms with Crippen LogP contribution in [0.2, 0.25) is 0 Å². The number of ether oxygens (including phenoxy) is 1. The van der Waals surface area contributed by atoms with Gasteiger partial charge in [0.05, 0.1) is 23.9 Å². The van der Waals surface area contributed by atoms with E-state index in [1.165, 1.54) is 19.2 Å². The van der Waals surface area contributed by atoms with Gasteiger partial charge in [-0.3, -0.25) is 0 Å². The van der Waals surface area contributed by atoms with Crippen LogP contribution >= 0.6 is 0 Å². The quantitative estimate of drug-likeness (QED) is 0.629. The average molecular weight is 347 g/mol. The molecule has 25 heavy (non-hydrogen) atoms. The molecule has 1 aromatic carbocycles. The first kappa shape index (κ1) is 19.5. The van der Waals surface area contributed by atoms with Crippen LogP contribution in [0.3, 0.4) is 0 Å². The number of phenols is 1. The smallest absolute Gasteiger partial charge is 0.491 e. The maximum atomic E-state index is 11.7. The Balaban J connectivity index is 2.40. The molecule has 0 spiro atoms. The highest BCUT2D eigenvalue weighted by Crippen LogP contribution is 2.39. The summed E-state index contributed by atoms with van der Waals surface area (Å²) in [7, 11) is 2.60. The fourth-order valence-corrected chi connectivity index (χ4v) is 2.52. The summed E-state index contributed by atoms with van der Waals surface area (Å²) in [5.41, 5.74) is 0.770. The van der Waals surface area contributed by atoms with Crippen molar-refractivity contribution in [2.75, 3.05) is 20.7 Å². The van der Waals surface area contributed by atoms with Crippen LogP contribution in [0, 0.1) is 0 Å². The first-order valence-electron chi connectivity index (χ1n) is 8.23. The summed E-state index contributed by atoms with van der Waals surface area (Å²) in [6.45, 7) is 8.45. The summed E-state index contributed by atoms with van der Waals surface area (Å²) in [5, 5.41) is 13.2. The predicted octanol–water partition coefficient (Wildman–Crippen LogP) is 2.41. The maximum Gasteiger partial charge on any atom is 0.491 e. The molecule has 7 heteroatoms. The van der Waals surface area contributed by atoms with Crippen LogP contribution < -0.4 is 5.32 Å². The lowest BCUT2D eigenvalue weighted by Crippen LogP contribution is -2.41. The number of rotatable bonds is 5. The van der Waals surface area contributed by atoms with Crippen LogP contribution in [0.15, 0.2) is 23.7 Å². The molecule has 1 aromatic rings. The molecule has 0 atom stereocenters. The SMILES string of the molecule is CNCC(=Cc1cc(C(=O)OC)ccc1O)B1OC(C)(C)C(C)(C)O1. The zero-order chi connectivity index (χ0) is 18.8.